The molecule has 0 aromatic heterocycles. The predicted octanol–water partition coefficient (Wildman–Crippen LogP) is 5.81. The van der Waals surface area contributed by atoms with Crippen molar-refractivity contribution >= 4 is 27.3 Å². The van der Waals surface area contributed by atoms with Gasteiger partial charge in [0.15, 0.2) is 0 Å². The SMILES string of the molecule is CCO[Si](CCCP(c1cc(C)c(OC)c(C)c1)c1cc(C)c(OC)c(C)c1)(OCC)OCC. The average Bonchev–Trinajstić information content (AvgIpc) is 2.77. The zero-order valence-electron chi connectivity index (χ0n) is 22.5. The summed E-state index contributed by atoms with van der Waals surface area (Å²) in [5.74, 6) is 1.94. The smallest absolute Gasteiger partial charge is 0.496 e. The second-order valence-corrected chi connectivity index (χ2v) is 13.5. The van der Waals surface area contributed by atoms with E-state index in [1.807, 2.05) is 20.8 Å². The second-order valence-electron chi connectivity index (χ2n) is 8.46. The normalized spacial score (nSPS) is 11.8. The lowest BCUT2D eigenvalue weighted by Crippen LogP contribution is -2.46. The topological polar surface area (TPSA) is 46.2 Å². The van der Waals surface area contributed by atoms with Crippen LogP contribution in [0, 0.1) is 27.7 Å². The summed E-state index contributed by atoms with van der Waals surface area (Å²) in [6, 6.07) is 10.0. The van der Waals surface area contributed by atoms with E-state index in [2.05, 4.69) is 52.0 Å². The molecule has 0 unspecified atom stereocenters. The van der Waals surface area contributed by atoms with Crippen LogP contribution in [0.5, 0.6) is 11.5 Å². The van der Waals surface area contributed by atoms with E-state index in [-0.39, 0.29) is 0 Å². The molecule has 2 aromatic rings. The van der Waals surface area contributed by atoms with Crippen molar-refractivity contribution in [1.29, 1.82) is 0 Å². The molecule has 0 atom stereocenters. The Morgan fingerprint density at radius 3 is 1.29 bits per heavy atom. The molecule has 34 heavy (non-hydrogen) atoms. The fourth-order valence-electron chi connectivity index (χ4n) is 4.67. The highest BCUT2D eigenvalue weighted by Crippen LogP contribution is 2.40. The lowest BCUT2D eigenvalue weighted by molar-refractivity contribution is 0.0712. The number of aryl methyl sites for hydroxylation is 4. The predicted molar refractivity (Wildman–Crippen MR) is 146 cm³/mol. The van der Waals surface area contributed by atoms with Crippen LogP contribution in [0.2, 0.25) is 6.04 Å². The molecule has 0 spiro atoms. The summed E-state index contributed by atoms with van der Waals surface area (Å²) in [4.78, 5) is 0. The minimum atomic E-state index is -2.67. The maximum atomic E-state index is 6.11. The Bertz CT molecular complexity index is 811. The van der Waals surface area contributed by atoms with Crippen molar-refractivity contribution in [3.05, 3.63) is 46.5 Å². The third-order valence-corrected chi connectivity index (χ3v) is 11.6. The summed E-state index contributed by atoms with van der Waals surface area (Å²) in [5.41, 5.74) is 4.70. The molecular weight excluding hydrogens is 463 g/mol. The van der Waals surface area contributed by atoms with E-state index in [0.717, 1.165) is 30.1 Å². The van der Waals surface area contributed by atoms with Crippen molar-refractivity contribution in [1.82, 2.24) is 0 Å². The minimum absolute atomic E-state index is 0.587. The Morgan fingerprint density at radius 1 is 0.647 bits per heavy atom. The summed E-state index contributed by atoms with van der Waals surface area (Å²) in [6.45, 7) is 16.4. The van der Waals surface area contributed by atoms with E-state index < -0.39 is 16.7 Å². The van der Waals surface area contributed by atoms with Crippen LogP contribution < -0.4 is 20.1 Å². The van der Waals surface area contributed by atoms with Crippen molar-refractivity contribution in [2.75, 3.05) is 40.2 Å². The van der Waals surface area contributed by atoms with Gasteiger partial charge in [-0.15, -0.1) is 0 Å². The first-order valence-electron chi connectivity index (χ1n) is 12.3. The molecule has 0 saturated carbocycles. The van der Waals surface area contributed by atoms with Gasteiger partial charge in [-0.25, -0.2) is 0 Å². The highest BCUT2D eigenvalue weighted by molar-refractivity contribution is 7.73. The van der Waals surface area contributed by atoms with Gasteiger partial charge in [-0.3, -0.25) is 0 Å². The van der Waals surface area contributed by atoms with Crippen molar-refractivity contribution in [3.8, 4) is 11.5 Å². The van der Waals surface area contributed by atoms with Gasteiger partial charge < -0.3 is 22.8 Å². The van der Waals surface area contributed by atoms with Crippen LogP contribution in [0.4, 0.5) is 0 Å². The first-order valence-corrected chi connectivity index (χ1v) is 15.7. The van der Waals surface area contributed by atoms with E-state index in [4.69, 9.17) is 22.8 Å². The molecule has 7 heteroatoms. The monoisotopic (exact) mass is 506 g/mol. The van der Waals surface area contributed by atoms with Crippen molar-refractivity contribution in [2.45, 2.75) is 60.9 Å². The third kappa shape index (κ3) is 7.05. The second kappa shape index (κ2) is 13.6. The first kappa shape index (κ1) is 28.8. The van der Waals surface area contributed by atoms with Gasteiger partial charge in [-0.05, 0) is 126 Å². The molecular formula is C27H43O5PSi. The fourth-order valence-corrected chi connectivity index (χ4v) is 10.3. The quantitative estimate of drug-likeness (QED) is 0.239. The van der Waals surface area contributed by atoms with Crippen LogP contribution in [0.1, 0.15) is 49.4 Å². The molecule has 2 aromatic carbocycles. The van der Waals surface area contributed by atoms with E-state index in [1.165, 1.54) is 32.9 Å². The molecule has 0 fully saturated rings. The van der Waals surface area contributed by atoms with Crippen LogP contribution in [0.15, 0.2) is 24.3 Å². The highest BCUT2D eigenvalue weighted by Gasteiger charge is 2.40. The number of hydrogen-bond donors (Lipinski definition) is 0. The molecule has 0 radical (unpaired) electrons. The van der Waals surface area contributed by atoms with Crippen LogP contribution >= 0.6 is 7.92 Å². The molecule has 0 saturated heterocycles. The lowest BCUT2D eigenvalue weighted by Gasteiger charge is -2.29. The Labute approximate surface area is 209 Å². The third-order valence-electron chi connectivity index (χ3n) is 5.88. The molecule has 0 amide bonds. The average molecular weight is 507 g/mol. The van der Waals surface area contributed by atoms with E-state index >= 15 is 0 Å². The summed E-state index contributed by atoms with van der Waals surface area (Å²) < 4.78 is 29.6. The zero-order valence-corrected chi connectivity index (χ0v) is 24.4. The molecule has 0 aliphatic rings. The van der Waals surface area contributed by atoms with Gasteiger partial charge in [-0.2, -0.15) is 0 Å². The summed E-state index contributed by atoms with van der Waals surface area (Å²) in [5, 5.41) is 2.73. The standard InChI is InChI=1S/C27H43O5PSi/c1-10-30-34(31-11-2,32-12-3)15-13-14-33(24-16-20(4)26(28-8)21(5)17-24)25-18-22(6)27(29-9)23(7)19-25/h16-19H,10-15H2,1-9H3. The van der Waals surface area contributed by atoms with Gasteiger partial charge in [0.1, 0.15) is 11.5 Å². The van der Waals surface area contributed by atoms with Crippen molar-refractivity contribution in [3.63, 3.8) is 0 Å². The molecule has 5 nitrogen and oxygen atoms in total. The number of methoxy groups -OCH3 is 2. The van der Waals surface area contributed by atoms with Crippen LogP contribution in [0.3, 0.4) is 0 Å². The Balaban J connectivity index is 2.44. The Kier molecular flexibility index (Phi) is 11.5. The van der Waals surface area contributed by atoms with E-state index in [0.29, 0.717) is 19.8 Å². The summed E-state index contributed by atoms with van der Waals surface area (Å²) in [7, 11) is 0.233. The summed E-state index contributed by atoms with van der Waals surface area (Å²) >= 11 is 0. The van der Waals surface area contributed by atoms with Gasteiger partial charge in [0.05, 0.1) is 14.2 Å². The number of ether oxygens (including phenoxy) is 2. The van der Waals surface area contributed by atoms with Gasteiger partial charge in [0, 0.05) is 25.9 Å². The van der Waals surface area contributed by atoms with Crippen LogP contribution in [-0.2, 0) is 13.3 Å². The molecule has 0 aliphatic heterocycles. The fraction of sp³-hybridized carbons (Fsp3) is 0.556. The first-order chi connectivity index (χ1) is 16.2. The lowest BCUT2D eigenvalue weighted by atomic mass is 10.1. The van der Waals surface area contributed by atoms with Gasteiger partial charge in [0.2, 0.25) is 0 Å². The van der Waals surface area contributed by atoms with Gasteiger partial charge >= 0.3 is 8.80 Å². The molecule has 0 N–H and O–H groups in total. The number of hydrogen-bond acceptors (Lipinski definition) is 5. The summed E-state index contributed by atoms with van der Waals surface area (Å²) in [6.07, 6.45) is 2.01. The van der Waals surface area contributed by atoms with Gasteiger partial charge in [0.25, 0.3) is 0 Å². The van der Waals surface area contributed by atoms with Crippen LogP contribution in [-0.4, -0.2) is 49.0 Å². The van der Waals surface area contributed by atoms with E-state index in [1.54, 1.807) is 14.2 Å². The van der Waals surface area contributed by atoms with Crippen molar-refractivity contribution < 1.29 is 22.8 Å². The molecule has 0 aliphatic carbocycles. The molecule has 0 heterocycles. The number of benzene rings is 2. The molecule has 190 valence electrons. The maximum absolute atomic E-state index is 6.11. The minimum Gasteiger partial charge on any atom is -0.496 e. The molecule has 2 rings (SSSR count). The Hall–Kier alpha value is -1.43. The van der Waals surface area contributed by atoms with Crippen LogP contribution in [0.25, 0.3) is 0 Å². The number of rotatable bonds is 14. The van der Waals surface area contributed by atoms with Crippen molar-refractivity contribution in [2.24, 2.45) is 0 Å². The molecule has 0 bridgehead atoms. The Morgan fingerprint density at radius 2 is 1.00 bits per heavy atom. The zero-order chi connectivity index (χ0) is 25.3. The largest absolute Gasteiger partial charge is 0.500 e. The maximum Gasteiger partial charge on any atom is 0.500 e. The van der Waals surface area contributed by atoms with Gasteiger partial charge in [-0.1, -0.05) is 0 Å². The highest BCUT2D eigenvalue weighted by atomic mass is 31.1. The van der Waals surface area contributed by atoms with E-state index in [9.17, 15) is 0 Å².